The Morgan fingerprint density at radius 1 is 1.17 bits per heavy atom. The van der Waals surface area contributed by atoms with E-state index in [1.165, 1.54) is 0 Å². The molecule has 0 aromatic heterocycles. The van der Waals surface area contributed by atoms with Gasteiger partial charge in [-0.05, 0) is 12.8 Å². The number of ether oxygens (including phenoxy) is 1. The number of hydrogen-bond acceptors (Lipinski definition) is 4. The quantitative estimate of drug-likeness (QED) is 0.685. The Morgan fingerprint density at radius 3 is 2.61 bits per heavy atom. The molecule has 3 aliphatic rings. The van der Waals surface area contributed by atoms with Crippen molar-refractivity contribution in [2.75, 3.05) is 26.3 Å². The van der Waals surface area contributed by atoms with Crippen LogP contribution in [-0.4, -0.2) is 55.1 Å². The third kappa shape index (κ3) is 1.67. The molecule has 2 aliphatic heterocycles. The highest BCUT2D eigenvalue weighted by Crippen LogP contribution is 2.53. The Labute approximate surface area is 114 Å². The lowest BCUT2D eigenvalue weighted by Crippen LogP contribution is -2.76. The first kappa shape index (κ1) is 13.2. The lowest BCUT2D eigenvalue weighted by Gasteiger charge is -2.58. The number of fused-ring (bicyclic) bond motifs is 1. The van der Waals surface area contributed by atoms with Crippen molar-refractivity contribution < 1.29 is 13.2 Å². The fourth-order valence-corrected chi connectivity index (χ4v) is 7.25. The molecule has 0 aromatic carbocycles. The first-order chi connectivity index (χ1) is 8.60. The van der Waals surface area contributed by atoms with E-state index in [9.17, 15) is 8.42 Å². The van der Waals surface area contributed by atoms with Crippen molar-refractivity contribution >= 4 is 21.4 Å². The molecule has 3 fully saturated rings. The standard InChI is InChI=1S/C12H20ClNO3S/c13-11-12(14-6-8-17-9-7-14)5-3-1-2-4-10(12)18(11,15)16/h10-11H,1-9H2/t10-,11+,12+/m1/s1. The third-order valence-corrected chi connectivity index (χ3v) is 8.32. The van der Waals surface area contributed by atoms with Gasteiger partial charge in [0, 0.05) is 13.1 Å². The molecule has 3 atom stereocenters. The number of alkyl halides is 1. The van der Waals surface area contributed by atoms with Crippen molar-refractivity contribution in [2.24, 2.45) is 0 Å². The Kier molecular flexibility index (Phi) is 3.37. The third-order valence-electron chi connectivity index (χ3n) is 4.78. The van der Waals surface area contributed by atoms with Crippen molar-refractivity contribution in [3.63, 3.8) is 0 Å². The fraction of sp³-hybridized carbons (Fsp3) is 1.00. The van der Waals surface area contributed by atoms with E-state index in [2.05, 4.69) is 4.90 Å². The van der Waals surface area contributed by atoms with Crippen LogP contribution in [0.5, 0.6) is 0 Å². The average molecular weight is 294 g/mol. The number of rotatable bonds is 1. The molecule has 0 N–H and O–H groups in total. The van der Waals surface area contributed by atoms with Crippen LogP contribution in [0, 0.1) is 0 Å². The molecule has 0 unspecified atom stereocenters. The molecule has 6 heteroatoms. The van der Waals surface area contributed by atoms with Gasteiger partial charge in [0.2, 0.25) is 0 Å². The number of halogens is 1. The smallest absolute Gasteiger partial charge is 0.173 e. The van der Waals surface area contributed by atoms with Crippen LogP contribution in [0.4, 0.5) is 0 Å². The summed E-state index contributed by atoms with van der Waals surface area (Å²) in [6, 6.07) is 0. The van der Waals surface area contributed by atoms with Crippen LogP contribution < -0.4 is 0 Å². The van der Waals surface area contributed by atoms with Gasteiger partial charge in [-0.25, -0.2) is 8.42 Å². The average Bonchev–Trinajstić information content (AvgIpc) is 2.61. The van der Waals surface area contributed by atoms with Crippen molar-refractivity contribution in [1.82, 2.24) is 4.90 Å². The molecule has 18 heavy (non-hydrogen) atoms. The van der Waals surface area contributed by atoms with Gasteiger partial charge in [-0.2, -0.15) is 0 Å². The maximum atomic E-state index is 12.2. The van der Waals surface area contributed by atoms with Crippen molar-refractivity contribution in [2.45, 2.75) is 47.6 Å². The van der Waals surface area contributed by atoms with Gasteiger partial charge in [-0.15, -0.1) is 11.6 Å². The second-order valence-electron chi connectivity index (χ2n) is 5.58. The SMILES string of the molecule is O=S1(=O)[C@H](Cl)[C@]2(N3CCOCC3)CCCCC[C@H]21. The van der Waals surface area contributed by atoms with Gasteiger partial charge in [0.1, 0.15) is 0 Å². The number of morpholine rings is 1. The van der Waals surface area contributed by atoms with Crippen LogP contribution in [0.3, 0.4) is 0 Å². The molecule has 0 amide bonds. The Morgan fingerprint density at radius 2 is 1.89 bits per heavy atom. The van der Waals surface area contributed by atoms with E-state index in [0.29, 0.717) is 13.2 Å². The zero-order valence-corrected chi connectivity index (χ0v) is 12.0. The molecule has 0 radical (unpaired) electrons. The summed E-state index contributed by atoms with van der Waals surface area (Å²) in [6.45, 7) is 3.01. The second-order valence-corrected chi connectivity index (χ2v) is 8.50. The molecule has 4 nitrogen and oxygen atoms in total. The van der Waals surface area contributed by atoms with Crippen LogP contribution in [-0.2, 0) is 14.6 Å². The van der Waals surface area contributed by atoms with Crippen LogP contribution in [0.2, 0.25) is 0 Å². The van der Waals surface area contributed by atoms with Gasteiger partial charge in [-0.1, -0.05) is 19.3 Å². The highest BCUT2D eigenvalue weighted by Gasteiger charge is 2.68. The van der Waals surface area contributed by atoms with Crippen molar-refractivity contribution in [1.29, 1.82) is 0 Å². The van der Waals surface area contributed by atoms with E-state index in [-0.39, 0.29) is 10.8 Å². The highest BCUT2D eigenvalue weighted by molar-refractivity contribution is 7.95. The van der Waals surface area contributed by atoms with E-state index < -0.39 is 14.5 Å². The summed E-state index contributed by atoms with van der Waals surface area (Å²) in [6.07, 6.45) is 4.93. The van der Waals surface area contributed by atoms with Gasteiger partial charge in [0.25, 0.3) is 0 Å². The normalized spacial score (nSPS) is 44.7. The molecule has 3 rings (SSSR count). The topological polar surface area (TPSA) is 46.6 Å². The molecule has 1 saturated carbocycles. The minimum Gasteiger partial charge on any atom is -0.379 e. The van der Waals surface area contributed by atoms with E-state index in [0.717, 1.165) is 45.2 Å². The zero-order valence-electron chi connectivity index (χ0n) is 10.5. The molecular formula is C12H20ClNO3S. The van der Waals surface area contributed by atoms with E-state index in [1.807, 2.05) is 0 Å². The van der Waals surface area contributed by atoms with Crippen LogP contribution >= 0.6 is 11.6 Å². The molecule has 0 bridgehead atoms. The first-order valence-electron chi connectivity index (χ1n) is 6.80. The minimum atomic E-state index is -3.11. The summed E-state index contributed by atoms with van der Waals surface area (Å²) in [5, 5.41) is -0.243. The summed E-state index contributed by atoms with van der Waals surface area (Å²) in [5.74, 6) is 0. The highest BCUT2D eigenvalue weighted by atomic mass is 35.5. The predicted molar refractivity (Wildman–Crippen MR) is 70.6 cm³/mol. The van der Waals surface area contributed by atoms with Gasteiger partial charge < -0.3 is 4.74 Å². The minimum absolute atomic E-state index is 0.243. The summed E-state index contributed by atoms with van der Waals surface area (Å²) in [5.41, 5.74) is -0.305. The van der Waals surface area contributed by atoms with E-state index in [1.54, 1.807) is 0 Å². The number of nitrogens with zero attached hydrogens (tertiary/aromatic N) is 1. The zero-order chi connectivity index (χ0) is 12.8. The molecule has 104 valence electrons. The number of hydrogen-bond donors (Lipinski definition) is 0. The van der Waals surface area contributed by atoms with Gasteiger partial charge >= 0.3 is 0 Å². The Balaban J connectivity index is 1.94. The fourth-order valence-electron chi connectivity index (χ4n) is 3.88. The lowest BCUT2D eigenvalue weighted by atomic mass is 9.87. The van der Waals surface area contributed by atoms with Crippen molar-refractivity contribution in [3.8, 4) is 0 Å². The molecule has 2 saturated heterocycles. The maximum absolute atomic E-state index is 12.2. The van der Waals surface area contributed by atoms with Crippen LogP contribution in [0.1, 0.15) is 32.1 Å². The summed E-state index contributed by atoms with van der Waals surface area (Å²) < 4.78 is 29.1. The second kappa shape index (κ2) is 4.62. The lowest BCUT2D eigenvalue weighted by molar-refractivity contribution is -0.0303. The van der Waals surface area contributed by atoms with E-state index >= 15 is 0 Å². The number of sulfone groups is 1. The summed E-state index contributed by atoms with van der Waals surface area (Å²) in [4.78, 5) is 2.30. The summed E-state index contributed by atoms with van der Waals surface area (Å²) in [7, 11) is -3.11. The Bertz CT molecular complexity index is 421. The van der Waals surface area contributed by atoms with Crippen LogP contribution in [0.15, 0.2) is 0 Å². The Hall–Kier alpha value is 0.160. The van der Waals surface area contributed by atoms with E-state index in [4.69, 9.17) is 16.3 Å². The molecular weight excluding hydrogens is 274 g/mol. The van der Waals surface area contributed by atoms with Crippen molar-refractivity contribution in [3.05, 3.63) is 0 Å². The largest absolute Gasteiger partial charge is 0.379 e. The van der Waals surface area contributed by atoms with Gasteiger partial charge in [0.15, 0.2) is 14.5 Å². The maximum Gasteiger partial charge on any atom is 0.173 e. The summed E-state index contributed by atoms with van der Waals surface area (Å²) >= 11 is 6.31. The monoisotopic (exact) mass is 293 g/mol. The molecule has 0 spiro atoms. The predicted octanol–water partition coefficient (Wildman–Crippen LogP) is 1.38. The van der Waals surface area contributed by atoms with Gasteiger partial charge in [0.05, 0.1) is 24.0 Å². The molecule has 1 aliphatic carbocycles. The molecule has 0 aromatic rings. The van der Waals surface area contributed by atoms with Gasteiger partial charge in [-0.3, -0.25) is 4.90 Å². The van der Waals surface area contributed by atoms with Crippen LogP contribution in [0.25, 0.3) is 0 Å². The first-order valence-corrected chi connectivity index (χ1v) is 8.84. The molecule has 2 heterocycles.